The number of nitrogens with one attached hydrogen (secondary N) is 1. The van der Waals surface area contributed by atoms with Crippen LogP contribution in [0.15, 0.2) is 30.3 Å². The largest absolute Gasteiger partial charge is 0.338 e. The molecule has 1 aromatic carbocycles. The number of benzene rings is 1. The van der Waals surface area contributed by atoms with E-state index in [0.717, 1.165) is 37.8 Å². The highest BCUT2D eigenvalue weighted by atomic mass is 16.2. The van der Waals surface area contributed by atoms with E-state index in [0.29, 0.717) is 19.0 Å². The maximum Gasteiger partial charge on any atom is 0.317 e. The van der Waals surface area contributed by atoms with Crippen molar-refractivity contribution in [3.05, 3.63) is 35.9 Å². The lowest BCUT2D eigenvalue weighted by Crippen LogP contribution is -2.45. The molecule has 0 radical (unpaired) electrons. The number of carbonyl (C=O) groups is 2. The maximum absolute atomic E-state index is 12.4. The molecular weight excluding hydrogens is 288 g/mol. The molecular formula is C19H28N2O2. The topological polar surface area (TPSA) is 49.4 Å². The van der Waals surface area contributed by atoms with Crippen LogP contribution in [-0.2, 0) is 0 Å². The molecule has 0 aromatic heterocycles. The smallest absolute Gasteiger partial charge is 0.317 e. The molecule has 1 aliphatic heterocycles. The van der Waals surface area contributed by atoms with Gasteiger partial charge in [-0.15, -0.1) is 0 Å². The number of rotatable bonds is 6. The third kappa shape index (κ3) is 5.38. The van der Waals surface area contributed by atoms with Crippen LogP contribution >= 0.6 is 0 Å². The van der Waals surface area contributed by atoms with Crippen LogP contribution in [0.2, 0.25) is 0 Å². The molecule has 4 nitrogen and oxygen atoms in total. The summed E-state index contributed by atoms with van der Waals surface area (Å²) in [5, 5.41) is 2.99. The molecule has 0 aliphatic carbocycles. The second-order valence-electron chi connectivity index (χ2n) is 6.76. The van der Waals surface area contributed by atoms with E-state index in [-0.39, 0.29) is 17.7 Å². The molecule has 1 heterocycles. The lowest BCUT2D eigenvalue weighted by atomic mass is 9.89. The van der Waals surface area contributed by atoms with Crippen molar-refractivity contribution in [3.63, 3.8) is 0 Å². The fourth-order valence-corrected chi connectivity index (χ4v) is 3.00. The van der Waals surface area contributed by atoms with Crippen LogP contribution < -0.4 is 5.32 Å². The van der Waals surface area contributed by atoms with Gasteiger partial charge < -0.3 is 10.2 Å². The molecule has 0 saturated carbocycles. The number of nitrogens with zero attached hydrogens (tertiary/aromatic N) is 1. The Hall–Kier alpha value is -1.84. The van der Waals surface area contributed by atoms with Crippen molar-refractivity contribution < 1.29 is 9.59 Å². The molecule has 0 bridgehead atoms. The lowest BCUT2D eigenvalue weighted by molar-refractivity contribution is 0.0854. The van der Waals surface area contributed by atoms with Crippen LogP contribution in [0.3, 0.4) is 0 Å². The predicted molar refractivity (Wildman–Crippen MR) is 92.5 cm³/mol. The average Bonchev–Trinajstić information content (AvgIpc) is 2.58. The van der Waals surface area contributed by atoms with E-state index in [1.807, 2.05) is 35.2 Å². The number of amides is 2. The van der Waals surface area contributed by atoms with E-state index >= 15 is 0 Å². The normalized spacial score (nSPS) is 15.7. The molecule has 4 heteroatoms. The van der Waals surface area contributed by atoms with Crippen LogP contribution in [0, 0.1) is 11.8 Å². The molecule has 1 fully saturated rings. The van der Waals surface area contributed by atoms with Gasteiger partial charge >= 0.3 is 6.03 Å². The van der Waals surface area contributed by atoms with Crippen molar-refractivity contribution in [1.29, 1.82) is 0 Å². The molecule has 126 valence electrons. The van der Waals surface area contributed by atoms with E-state index in [9.17, 15) is 9.59 Å². The highest BCUT2D eigenvalue weighted by Gasteiger charge is 2.27. The summed E-state index contributed by atoms with van der Waals surface area (Å²) in [7, 11) is 0. The molecule has 1 N–H and O–H groups in total. The van der Waals surface area contributed by atoms with E-state index in [4.69, 9.17) is 0 Å². The van der Waals surface area contributed by atoms with Crippen LogP contribution in [0.25, 0.3) is 0 Å². The maximum atomic E-state index is 12.4. The molecule has 1 aromatic rings. The monoisotopic (exact) mass is 316 g/mol. The van der Waals surface area contributed by atoms with Crippen molar-refractivity contribution >= 4 is 11.8 Å². The van der Waals surface area contributed by atoms with Crippen LogP contribution in [-0.4, -0.2) is 36.3 Å². The zero-order valence-electron chi connectivity index (χ0n) is 14.3. The number of carbonyl (C=O) groups excluding carboxylic acids is 2. The van der Waals surface area contributed by atoms with Gasteiger partial charge in [0, 0.05) is 31.1 Å². The third-order valence-electron chi connectivity index (χ3n) is 4.45. The third-order valence-corrected chi connectivity index (χ3v) is 4.45. The van der Waals surface area contributed by atoms with Crippen LogP contribution in [0.5, 0.6) is 0 Å². The summed E-state index contributed by atoms with van der Waals surface area (Å²) in [6.45, 7) is 6.45. The Morgan fingerprint density at radius 3 is 2.43 bits per heavy atom. The number of urea groups is 1. The summed E-state index contributed by atoms with van der Waals surface area (Å²) in [4.78, 5) is 26.4. The zero-order chi connectivity index (χ0) is 16.7. The molecule has 23 heavy (non-hydrogen) atoms. The number of piperidine rings is 1. The highest BCUT2D eigenvalue weighted by molar-refractivity contribution is 5.97. The van der Waals surface area contributed by atoms with Gasteiger partial charge in [0.1, 0.15) is 0 Å². The van der Waals surface area contributed by atoms with Crippen molar-refractivity contribution in [3.8, 4) is 0 Å². The van der Waals surface area contributed by atoms with E-state index in [2.05, 4.69) is 19.2 Å². The Balaban J connectivity index is 1.73. The molecule has 1 saturated heterocycles. The molecule has 0 atom stereocenters. The fourth-order valence-electron chi connectivity index (χ4n) is 3.00. The number of ketones is 1. The zero-order valence-corrected chi connectivity index (χ0v) is 14.3. The van der Waals surface area contributed by atoms with Gasteiger partial charge in [0.2, 0.25) is 0 Å². The van der Waals surface area contributed by atoms with Crippen molar-refractivity contribution in [2.24, 2.45) is 11.8 Å². The number of hydrogen-bond acceptors (Lipinski definition) is 2. The van der Waals surface area contributed by atoms with E-state index < -0.39 is 0 Å². The van der Waals surface area contributed by atoms with Gasteiger partial charge in [0.15, 0.2) is 5.78 Å². The number of hydrogen-bond donors (Lipinski definition) is 1. The van der Waals surface area contributed by atoms with E-state index in [1.54, 1.807) is 0 Å². The highest BCUT2D eigenvalue weighted by Crippen LogP contribution is 2.21. The Kier molecular flexibility index (Phi) is 6.63. The first kappa shape index (κ1) is 17.5. The summed E-state index contributed by atoms with van der Waals surface area (Å²) in [5.74, 6) is 0.927. The SMILES string of the molecule is CC(C)CCCNC(=O)N1CCC(C(=O)c2ccccc2)CC1. The standard InChI is InChI=1S/C19H28N2O2/c1-15(2)7-6-12-20-19(23)21-13-10-17(11-14-21)18(22)16-8-4-3-5-9-16/h3-5,8-9,15,17H,6-7,10-14H2,1-2H3,(H,20,23). The fraction of sp³-hybridized carbons (Fsp3) is 0.579. The molecule has 2 amide bonds. The first-order chi connectivity index (χ1) is 11.1. The summed E-state index contributed by atoms with van der Waals surface area (Å²) in [5.41, 5.74) is 0.782. The average molecular weight is 316 g/mol. The quantitative estimate of drug-likeness (QED) is 0.642. The molecule has 1 aliphatic rings. The van der Waals surface area contributed by atoms with Gasteiger partial charge in [-0.25, -0.2) is 4.79 Å². The predicted octanol–water partition coefficient (Wildman–Crippen LogP) is 3.73. The Morgan fingerprint density at radius 2 is 1.83 bits per heavy atom. The Bertz CT molecular complexity index is 505. The Morgan fingerprint density at radius 1 is 1.17 bits per heavy atom. The van der Waals surface area contributed by atoms with Crippen LogP contribution in [0.1, 0.15) is 49.9 Å². The number of Topliss-reactive ketones (excluding diaryl/α,β-unsaturated/α-hetero) is 1. The van der Waals surface area contributed by atoms with Gasteiger partial charge in [-0.2, -0.15) is 0 Å². The second kappa shape index (κ2) is 8.70. The molecule has 2 rings (SSSR count). The van der Waals surface area contributed by atoms with Crippen molar-refractivity contribution in [2.75, 3.05) is 19.6 Å². The van der Waals surface area contributed by atoms with Gasteiger partial charge in [-0.05, 0) is 31.6 Å². The lowest BCUT2D eigenvalue weighted by Gasteiger charge is -2.31. The number of likely N-dealkylation sites (tertiary alicyclic amines) is 1. The summed E-state index contributed by atoms with van der Waals surface area (Å²) < 4.78 is 0. The van der Waals surface area contributed by atoms with Gasteiger partial charge in [-0.3, -0.25) is 4.79 Å². The summed E-state index contributed by atoms with van der Waals surface area (Å²) in [6.07, 6.45) is 3.67. The van der Waals surface area contributed by atoms with Crippen molar-refractivity contribution in [1.82, 2.24) is 10.2 Å². The van der Waals surface area contributed by atoms with Gasteiger partial charge in [0.25, 0.3) is 0 Å². The molecule has 0 unspecified atom stereocenters. The van der Waals surface area contributed by atoms with E-state index in [1.165, 1.54) is 0 Å². The molecule has 0 spiro atoms. The van der Waals surface area contributed by atoms with Crippen LogP contribution in [0.4, 0.5) is 4.79 Å². The van der Waals surface area contributed by atoms with Gasteiger partial charge in [0.05, 0.1) is 0 Å². The summed E-state index contributed by atoms with van der Waals surface area (Å²) in [6, 6.07) is 9.47. The minimum Gasteiger partial charge on any atom is -0.338 e. The Labute approximate surface area is 139 Å². The first-order valence-corrected chi connectivity index (χ1v) is 8.70. The first-order valence-electron chi connectivity index (χ1n) is 8.70. The minimum atomic E-state index is 0.0133. The summed E-state index contributed by atoms with van der Waals surface area (Å²) >= 11 is 0. The van der Waals surface area contributed by atoms with Crippen molar-refractivity contribution in [2.45, 2.75) is 39.5 Å². The second-order valence-corrected chi connectivity index (χ2v) is 6.76. The minimum absolute atomic E-state index is 0.0133. The van der Waals surface area contributed by atoms with Gasteiger partial charge in [-0.1, -0.05) is 44.2 Å².